The second kappa shape index (κ2) is 7.42. The normalized spacial score (nSPS) is 28.4. The molecule has 1 nitrogen and oxygen atoms in total. The molecule has 3 heteroatoms. The second-order valence-electron chi connectivity index (χ2n) is 6.23. The molecule has 1 aromatic carbocycles. The van der Waals surface area contributed by atoms with Crippen LogP contribution in [-0.2, 0) is 0 Å². The summed E-state index contributed by atoms with van der Waals surface area (Å²) in [5.74, 6) is 2.46. The van der Waals surface area contributed by atoms with Crippen LogP contribution in [0.25, 0.3) is 0 Å². The summed E-state index contributed by atoms with van der Waals surface area (Å²) in [5, 5.41) is 3.72. The van der Waals surface area contributed by atoms with Crippen LogP contribution in [0.4, 0.5) is 0 Å². The number of benzene rings is 1. The van der Waals surface area contributed by atoms with E-state index >= 15 is 0 Å². The van der Waals surface area contributed by atoms with Crippen LogP contribution in [-0.4, -0.2) is 6.54 Å². The van der Waals surface area contributed by atoms with Crippen molar-refractivity contribution in [1.82, 2.24) is 5.32 Å². The number of hydrogen-bond acceptors (Lipinski definition) is 1. The molecule has 0 heterocycles. The Kier molecular flexibility index (Phi) is 6.12. The molecule has 1 aliphatic rings. The molecule has 1 aromatic rings. The topological polar surface area (TPSA) is 12.0 Å². The molecule has 112 valence electrons. The lowest BCUT2D eigenvalue weighted by atomic mass is 9.72. The maximum absolute atomic E-state index is 3.74. The molecule has 0 amide bonds. The van der Waals surface area contributed by atoms with Crippen LogP contribution in [0.3, 0.4) is 0 Å². The van der Waals surface area contributed by atoms with Crippen molar-refractivity contribution in [1.29, 1.82) is 0 Å². The molecule has 1 N–H and O–H groups in total. The summed E-state index contributed by atoms with van der Waals surface area (Å²) in [7, 11) is 0. The molecular formula is C17H25Br2N. The molecule has 4 unspecified atom stereocenters. The van der Waals surface area contributed by atoms with Crippen molar-refractivity contribution < 1.29 is 0 Å². The van der Waals surface area contributed by atoms with Crippen molar-refractivity contribution in [3.05, 3.63) is 32.7 Å². The molecule has 0 aromatic heterocycles. The summed E-state index contributed by atoms with van der Waals surface area (Å²) in [5.41, 5.74) is 1.40. The van der Waals surface area contributed by atoms with E-state index in [2.05, 4.69) is 76.1 Å². The van der Waals surface area contributed by atoms with Crippen LogP contribution in [0.2, 0.25) is 0 Å². The molecule has 1 aliphatic carbocycles. The number of nitrogens with one attached hydrogen (secondary N) is 1. The van der Waals surface area contributed by atoms with E-state index in [1.54, 1.807) is 0 Å². The number of rotatable bonds is 4. The number of halogens is 2. The van der Waals surface area contributed by atoms with E-state index in [1.165, 1.54) is 29.3 Å². The first kappa shape index (κ1) is 16.5. The lowest BCUT2D eigenvalue weighted by Crippen LogP contribution is -2.33. The van der Waals surface area contributed by atoms with E-state index in [-0.39, 0.29) is 0 Å². The molecule has 0 bridgehead atoms. The van der Waals surface area contributed by atoms with Gasteiger partial charge in [-0.2, -0.15) is 0 Å². The van der Waals surface area contributed by atoms with Gasteiger partial charge in [0.25, 0.3) is 0 Å². The molecule has 0 radical (unpaired) electrons. The van der Waals surface area contributed by atoms with Crippen LogP contribution in [0.5, 0.6) is 0 Å². The largest absolute Gasteiger partial charge is 0.310 e. The molecule has 0 aliphatic heterocycles. The lowest BCUT2D eigenvalue weighted by molar-refractivity contribution is 0.171. The van der Waals surface area contributed by atoms with Crippen molar-refractivity contribution in [2.75, 3.05) is 6.54 Å². The molecule has 2 rings (SSSR count). The van der Waals surface area contributed by atoms with E-state index in [4.69, 9.17) is 0 Å². The van der Waals surface area contributed by atoms with Gasteiger partial charge in [-0.3, -0.25) is 0 Å². The summed E-state index contributed by atoms with van der Waals surface area (Å²) < 4.78 is 2.35. The van der Waals surface area contributed by atoms with Gasteiger partial charge in [-0.15, -0.1) is 0 Å². The van der Waals surface area contributed by atoms with Crippen LogP contribution < -0.4 is 5.32 Å². The van der Waals surface area contributed by atoms with Crippen molar-refractivity contribution in [2.24, 2.45) is 17.8 Å². The Morgan fingerprint density at radius 3 is 2.55 bits per heavy atom. The predicted octanol–water partition coefficient (Wildman–Crippen LogP) is 5.93. The Morgan fingerprint density at radius 1 is 1.20 bits per heavy atom. The Labute approximate surface area is 140 Å². The van der Waals surface area contributed by atoms with Crippen molar-refractivity contribution in [3.63, 3.8) is 0 Å². The Hall–Kier alpha value is 0.140. The SMILES string of the molecule is CCNC(c1ccc(Br)cc1Br)C1CCC(C)C(C)C1. The zero-order valence-corrected chi connectivity index (χ0v) is 15.8. The van der Waals surface area contributed by atoms with Gasteiger partial charge in [0.1, 0.15) is 0 Å². The summed E-state index contributed by atoms with van der Waals surface area (Å²) in [4.78, 5) is 0. The van der Waals surface area contributed by atoms with E-state index in [0.717, 1.165) is 28.8 Å². The zero-order valence-electron chi connectivity index (χ0n) is 12.6. The minimum absolute atomic E-state index is 0.470. The van der Waals surface area contributed by atoms with Gasteiger partial charge < -0.3 is 5.32 Å². The molecule has 0 saturated heterocycles. The monoisotopic (exact) mass is 401 g/mol. The highest BCUT2D eigenvalue weighted by molar-refractivity contribution is 9.11. The first-order valence-electron chi connectivity index (χ1n) is 7.71. The van der Waals surface area contributed by atoms with Crippen LogP contribution >= 0.6 is 31.9 Å². The van der Waals surface area contributed by atoms with Crippen molar-refractivity contribution in [2.45, 2.75) is 46.1 Å². The maximum Gasteiger partial charge on any atom is 0.0359 e. The highest BCUT2D eigenvalue weighted by Gasteiger charge is 2.31. The highest BCUT2D eigenvalue weighted by Crippen LogP contribution is 2.41. The fourth-order valence-corrected chi connectivity index (χ4v) is 4.69. The van der Waals surface area contributed by atoms with Crippen molar-refractivity contribution in [3.8, 4) is 0 Å². The van der Waals surface area contributed by atoms with Gasteiger partial charge in [-0.1, -0.05) is 65.1 Å². The summed E-state index contributed by atoms with van der Waals surface area (Å²) >= 11 is 7.29. The summed E-state index contributed by atoms with van der Waals surface area (Å²) in [6.45, 7) is 8.04. The third kappa shape index (κ3) is 3.86. The van der Waals surface area contributed by atoms with Crippen molar-refractivity contribution >= 4 is 31.9 Å². The minimum atomic E-state index is 0.470. The molecule has 4 atom stereocenters. The Balaban J connectivity index is 2.22. The van der Waals surface area contributed by atoms with Gasteiger partial charge in [0.2, 0.25) is 0 Å². The van der Waals surface area contributed by atoms with E-state index in [0.29, 0.717) is 6.04 Å². The van der Waals surface area contributed by atoms with E-state index in [9.17, 15) is 0 Å². The summed E-state index contributed by atoms with van der Waals surface area (Å²) in [6.07, 6.45) is 4.04. The van der Waals surface area contributed by atoms with Gasteiger partial charge in [0.15, 0.2) is 0 Å². The van der Waals surface area contributed by atoms with Crippen LogP contribution in [0.15, 0.2) is 27.1 Å². The molecule has 20 heavy (non-hydrogen) atoms. The standard InChI is InChI=1S/C17H25Br2N/c1-4-20-17(13-6-5-11(2)12(3)9-13)15-8-7-14(18)10-16(15)19/h7-8,10-13,17,20H,4-6,9H2,1-3H3. The quantitative estimate of drug-likeness (QED) is 0.657. The highest BCUT2D eigenvalue weighted by atomic mass is 79.9. The van der Waals surface area contributed by atoms with Gasteiger partial charge >= 0.3 is 0 Å². The smallest absolute Gasteiger partial charge is 0.0359 e. The molecular weight excluding hydrogens is 378 g/mol. The second-order valence-corrected chi connectivity index (χ2v) is 8.00. The first-order valence-corrected chi connectivity index (χ1v) is 9.29. The fraction of sp³-hybridized carbons (Fsp3) is 0.647. The molecule has 0 spiro atoms. The average molecular weight is 403 g/mol. The number of hydrogen-bond donors (Lipinski definition) is 1. The lowest BCUT2D eigenvalue weighted by Gasteiger charge is -2.37. The molecule has 1 fully saturated rings. The zero-order chi connectivity index (χ0) is 14.7. The van der Waals surface area contributed by atoms with Crippen LogP contribution in [0.1, 0.15) is 51.6 Å². The average Bonchev–Trinajstić information content (AvgIpc) is 2.40. The predicted molar refractivity (Wildman–Crippen MR) is 93.9 cm³/mol. The maximum atomic E-state index is 3.74. The Morgan fingerprint density at radius 2 is 1.95 bits per heavy atom. The van der Waals surface area contributed by atoms with Gasteiger partial charge in [-0.25, -0.2) is 0 Å². The first-order chi connectivity index (χ1) is 9.52. The van der Waals surface area contributed by atoms with Gasteiger partial charge in [0, 0.05) is 15.0 Å². The third-order valence-electron chi connectivity index (χ3n) is 4.83. The van der Waals surface area contributed by atoms with Gasteiger partial charge in [-0.05, 0) is 54.8 Å². The molecule has 1 saturated carbocycles. The van der Waals surface area contributed by atoms with E-state index in [1.807, 2.05) is 0 Å². The Bertz CT molecular complexity index is 447. The summed E-state index contributed by atoms with van der Waals surface area (Å²) in [6, 6.07) is 7.04. The third-order valence-corrected chi connectivity index (χ3v) is 6.01. The fourth-order valence-electron chi connectivity index (χ4n) is 3.40. The van der Waals surface area contributed by atoms with Gasteiger partial charge in [0.05, 0.1) is 0 Å². The minimum Gasteiger partial charge on any atom is -0.310 e. The van der Waals surface area contributed by atoms with Crippen LogP contribution in [0, 0.1) is 17.8 Å². The van der Waals surface area contributed by atoms with E-state index < -0.39 is 0 Å².